The first-order valence-electron chi connectivity index (χ1n) is 5.67. The average molecular weight is 261 g/mol. The number of methoxy groups -OCH3 is 2. The molecular weight excluding hydrogens is 246 g/mol. The van der Waals surface area contributed by atoms with Gasteiger partial charge in [-0.2, -0.15) is 0 Å². The van der Waals surface area contributed by atoms with Crippen molar-refractivity contribution >= 4 is 0 Å². The summed E-state index contributed by atoms with van der Waals surface area (Å²) in [5, 5.41) is 0. The van der Waals surface area contributed by atoms with Crippen molar-refractivity contribution in [1.82, 2.24) is 9.97 Å². The van der Waals surface area contributed by atoms with Gasteiger partial charge in [0, 0.05) is 42.7 Å². The van der Waals surface area contributed by atoms with Crippen molar-refractivity contribution in [2.24, 2.45) is 5.73 Å². The minimum atomic E-state index is 0.243. The Morgan fingerprint density at radius 1 is 0.947 bits per heavy atom. The van der Waals surface area contributed by atoms with E-state index in [4.69, 9.17) is 19.9 Å². The zero-order valence-corrected chi connectivity index (χ0v) is 10.8. The van der Waals surface area contributed by atoms with Crippen LogP contribution in [0.2, 0.25) is 0 Å². The Bertz CT molecular complexity index is 521. The third-order valence-electron chi connectivity index (χ3n) is 2.45. The van der Waals surface area contributed by atoms with Crippen LogP contribution < -0.4 is 19.9 Å². The highest BCUT2D eigenvalue weighted by Gasteiger charge is 2.05. The van der Waals surface area contributed by atoms with Crippen LogP contribution in [0.15, 0.2) is 30.6 Å². The van der Waals surface area contributed by atoms with Crippen LogP contribution in [-0.2, 0) is 6.54 Å². The van der Waals surface area contributed by atoms with Crippen LogP contribution in [0, 0.1) is 0 Å². The molecule has 0 aliphatic rings. The highest BCUT2D eigenvalue weighted by Crippen LogP contribution is 2.29. The summed E-state index contributed by atoms with van der Waals surface area (Å²) in [6, 6.07) is 5.45. The Balaban J connectivity index is 2.21. The maximum absolute atomic E-state index is 5.54. The topological polar surface area (TPSA) is 79.5 Å². The van der Waals surface area contributed by atoms with Crippen LogP contribution in [0.3, 0.4) is 0 Å². The van der Waals surface area contributed by atoms with E-state index < -0.39 is 0 Å². The lowest BCUT2D eigenvalue weighted by Crippen LogP contribution is -1.99. The van der Waals surface area contributed by atoms with Crippen molar-refractivity contribution in [2.75, 3.05) is 14.2 Å². The van der Waals surface area contributed by atoms with Gasteiger partial charge in [-0.15, -0.1) is 0 Å². The van der Waals surface area contributed by atoms with Crippen molar-refractivity contribution in [2.45, 2.75) is 6.54 Å². The van der Waals surface area contributed by atoms with Gasteiger partial charge in [-0.3, -0.25) is 0 Å². The van der Waals surface area contributed by atoms with E-state index in [2.05, 4.69) is 9.97 Å². The molecule has 6 heteroatoms. The highest BCUT2D eigenvalue weighted by atomic mass is 16.5. The first-order valence-corrected chi connectivity index (χ1v) is 5.67. The van der Waals surface area contributed by atoms with E-state index in [1.165, 1.54) is 0 Å². The average Bonchev–Trinajstić information content (AvgIpc) is 2.47. The van der Waals surface area contributed by atoms with E-state index in [0.29, 0.717) is 23.8 Å². The van der Waals surface area contributed by atoms with Crippen LogP contribution in [0.5, 0.6) is 23.3 Å². The summed E-state index contributed by atoms with van der Waals surface area (Å²) in [6.45, 7) is 0.396. The van der Waals surface area contributed by atoms with Crippen LogP contribution in [0.4, 0.5) is 0 Å². The maximum atomic E-state index is 5.54. The maximum Gasteiger partial charge on any atom is 0.321 e. The van der Waals surface area contributed by atoms with E-state index in [9.17, 15) is 0 Å². The van der Waals surface area contributed by atoms with Crippen molar-refractivity contribution in [3.05, 3.63) is 36.2 Å². The summed E-state index contributed by atoms with van der Waals surface area (Å²) in [5.41, 5.74) is 6.32. The number of hydrogen-bond acceptors (Lipinski definition) is 6. The van der Waals surface area contributed by atoms with E-state index in [-0.39, 0.29) is 6.01 Å². The molecule has 0 amide bonds. The molecule has 6 nitrogen and oxygen atoms in total. The van der Waals surface area contributed by atoms with Crippen molar-refractivity contribution in [1.29, 1.82) is 0 Å². The third kappa shape index (κ3) is 3.32. The highest BCUT2D eigenvalue weighted by molar-refractivity contribution is 5.42. The first kappa shape index (κ1) is 13.1. The molecule has 0 bridgehead atoms. The van der Waals surface area contributed by atoms with Gasteiger partial charge in [0.2, 0.25) is 0 Å². The predicted octanol–water partition coefficient (Wildman–Crippen LogP) is 1.74. The number of aromatic nitrogens is 2. The molecule has 0 unspecified atom stereocenters. The second kappa shape index (κ2) is 6.01. The van der Waals surface area contributed by atoms with E-state index in [1.54, 1.807) is 44.8 Å². The summed E-state index contributed by atoms with van der Waals surface area (Å²) in [7, 11) is 3.15. The van der Waals surface area contributed by atoms with Crippen LogP contribution in [0.25, 0.3) is 0 Å². The van der Waals surface area contributed by atoms with Gasteiger partial charge in [0.1, 0.15) is 17.2 Å². The number of rotatable bonds is 5. The fourth-order valence-electron chi connectivity index (χ4n) is 1.45. The van der Waals surface area contributed by atoms with Crippen LogP contribution >= 0.6 is 0 Å². The second-order valence-electron chi connectivity index (χ2n) is 3.73. The lowest BCUT2D eigenvalue weighted by molar-refractivity contribution is 0.382. The zero-order valence-electron chi connectivity index (χ0n) is 10.8. The van der Waals surface area contributed by atoms with Gasteiger partial charge in [0.05, 0.1) is 14.2 Å². The van der Waals surface area contributed by atoms with Gasteiger partial charge < -0.3 is 19.9 Å². The van der Waals surface area contributed by atoms with Crippen LogP contribution in [0.1, 0.15) is 5.56 Å². The Morgan fingerprint density at radius 3 is 1.95 bits per heavy atom. The molecule has 0 saturated heterocycles. The molecule has 1 aromatic carbocycles. The van der Waals surface area contributed by atoms with Gasteiger partial charge in [0.15, 0.2) is 0 Å². The minimum Gasteiger partial charge on any atom is -0.496 e. The number of nitrogens with two attached hydrogens (primary N) is 1. The van der Waals surface area contributed by atoms with Crippen molar-refractivity contribution in [3.63, 3.8) is 0 Å². The molecule has 19 heavy (non-hydrogen) atoms. The van der Waals surface area contributed by atoms with Crippen molar-refractivity contribution < 1.29 is 14.2 Å². The van der Waals surface area contributed by atoms with E-state index >= 15 is 0 Å². The molecule has 0 atom stereocenters. The van der Waals surface area contributed by atoms with Gasteiger partial charge in [-0.25, -0.2) is 9.97 Å². The van der Waals surface area contributed by atoms with E-state index in [1.807, 2.05) is 0 Å². The molecule has 0 fully saturated rings. The van der Waals surface area contributed by atoms with Gasteiger partial charge in [-0.05, 0) is 0 Å². The zero-order chi connectivity index (χ0) is 13.7. The monoisotopic (exact) mass is 261 g/mol. The molecule has 1 heterocycles. The Morgan fingerprint density at radius 2 is 1.47 bits per heavy atom. The van der Waals surface area contributed by atoms with Crippen LogP contribution in [-0.4, -0.2) is 24.2 Å². The quantitative estimate of drug-likeness (QED) is 0.883. The lowest BCUT2D eigenvalue weighted by atomic mass is 10.3. The fourth-order valence-corrected chi connectivity index (χ4v) is 1.45. The Labute approximate surface area is 111 Å². The minimum absolute atomic E-state index is 0.243. The molecule has 0 spiro atoms. The van der Waals surface area contributed by atoms with Gasteiger partial charge in [0.25, 0.3) is 0 Å². The Kier molecular flexibility index (Phi) is 4.15. The third-order valence-corrected chi connectivity index (χ3v) is 2.45. The molecule has 1 aromatic heterocycles. The molecule has 100 valence electrons. The fraction of sp³-hybridized carbons (Fsp3) is 0.231. The smallest absolute Gasteiger partial charge is 0.321 e. The number of nitrogens with zero attached hydrogens (tertiary/aromatic N) is 2. The second-order valence-corrected chi connectivity index (χ2v) is 3.73. The number of benzene rings is 1. The summed E-state index contributed by atoms with van der Waals surface area (Å²) in [6.07, 6.45) is 3.25. The standard InChI is InChI=1S/C13H15N3O3/c1-17-10-3-11(18-2)5-12(4-10)19-13-15-7-9(6-14)8-16-13/h3-5,7-8H,6,14H2,1-2H3. The number of ether oxygens (including phenoxy) is 3. The first-order chi connectivity index (χ1) is 9.25. The Hall–Kier alpha value is -2.34. The predicted molar refractivity (Wildman–Crippen MR) is 69.5 cm³/mol. The van der Waals surface area contributed by atoms with Gasteiger partial charge >= 0.3 is 6.01 Å². The van der Waals surface area contributed by atoms with Gasteiger partial charge in [-0.1, -0.05) is 0 Å². The lowest BCUT2D eigenvalue weighted by Gasteiger charge is -2.08. The molecule has 0 aliphatic carbocycles. The molecule has 0 saturated carbocycles. The molecule has 2 N–H and O–H groups in total. The normalized spacial score (nSPS) is 10.1. The molecule has 2 aromatic rings. The largest absolute Gasteiger partial charge is 0.496 e. The molecular formula is C13H15N3O3. The number of hydrogen-bond donors (Lipinski definition) is 1. The molecule has 0 aliphatic heterocycles. The molecule has 2 rings (SSSR count). The summed E-state index contributed by atoms with van der Waals surface area (Å²) in [4.78, 5) is 8.12. The summed E-state index contributed by atoms with van der Waals surface area (Å²) < 4.78 is 15.8. The van der Waals surface area contributed by atoms with Crippen molar-refractivity contribution in [3.8, 4) is 23.3 Å². The summed E-state index contributed by atoms with van der Waals surface area (Å²) >= 11 is 0. The SMILES string of the molecule is COc1cc(OC)cc(Oc2ncc(CN)cn2)c1. The van der Waals surface area contributed by atoms with E-state index in [0.717, 1.165) is 5.56 Å². The molecule has 0 radical (unpaired) electrons. The summed E-state index contributed by atoms with van der Waals surface area (Å²) in [5.74, 6) is 1.80.